The minimum atomic E-state index is 0.105. The third-order valence-electron chi connectivity index (χ3n) is 3.48. The molecule has 1 N–H and O–H groups in total. The van der Waals surface area contributed by atoms with E-state index in [1.807, 2.05) is 24.3 Å². The van der Waals surface area contributed by atoms with Crippen LogP contribution in [0.4, 0.5) is 0 Å². The molecular formula is C16H24ClNO2. The van der Waals surface area contributed by atoms with E-state index in [1.54, 1.807) is 7.11 Å². The first-order valence-corrected chi connectivity index (χ1v) is 7.68. The molecule has 0 heterocycles. The van der Waals surface area contributed by atoms with Gasteiger partial charge in [-0.15, -0.1) is 11.6 Å². The lowest BCUT2D eigenvalue weighted by molar-refractivity contribution is -0.121. The van der Waals surface area contributed by atoms with Gasteiger partial charge in [-0.25, -0.2) is 0 Å². The van der Waals surface area contributed by atoms with Gasteiger partial charge in [0.25, 0.3) is 0 Å². The lowest BCUT2D eigenvalue weighted by Crippen LogP contribution is -2.29. The van der Waals surface area contributed by atoms with Crippen LogP contribution >= 0.6 is 11.6 Å². The van der Waals surface area contributed by atoms with Crippen LogP contribution in [-0.2, 0) is 11.2 Å². The fraction of sp³-hybridized carbons (Fsp3) is 0.562. The van der Waals surface area contributed by atoms with Crippen LogP contribution in [0.15, 0.2) is 24.3 Å². The number of alkyl halides is 1. The Morgan fingerprint density at radius 1 is 1.35 bits per heavy atom. The van der Waals surface area contributed by atoms with Crippen molar-refractivity contribution in [3.8, 4) is 5.75 Å². The number of ether oxygens (including phenoxy) is 1. The molecule has 1 atom stereocenters. The molecule has 0 aliphatic rings. The van der Waals surface area contributed by atoms with Crippen LogP contribution in [0.5, 0.6) is 5.75 Å². The quantitative estimate of drug-likeness (QED) is 0.710. The molecule has 1 aromatic rings. The van der Waals surface area contributed by atoms with Gasteiger partial charge in [0.1, 0.15) is 5.75 Å². The van der Waals surface area contributed by atoms with Gasteiger partial charge in [-0.1, -0.05) is 25.5 Å². The van der Waals surface area contributed by atoms with Gasteiger partial charge in [0.15, 0.2) is 0 Å². The Kier molecular flexibility index (Phi) is 8.12. The van der Waals surface area contributed by atoms with Crippen LogP contribution in [0.1, 0.15) is 31.7 Å². The highest BCUT2D eigenvalue weighted by atomic mass is 35.5. The normalized spacial score (nSPS) is 11.9. The molecule has 1 rings (SSSR count). The Labute approximate surface area is 126 Å². The Morgan fingerprint density at radius 3 is 2.60 bits per heavy atom. The summed E-state index contributed by atoms with van der Waals surface area (Å²) in [6.45, 7) is 2.85. The van der Waals surface area contributed by atoms with Crippen LogP contribution in [-0.4, -0.2) is 25.4 Å². The van der Waals surface area contributed by atoms with Gasteiger partial charge >= 0.3 is 0 Å². The highest BCUT2D eigenvalue weighted by Gasteiger charge is 2.08. The predicted octanol–water partition coefficient (Wildman–Crippen LogP) is 3.40. The second-order valence-electron chi connectivity index (χ2n) is 4.90. The van der Waals surface area contributed by atoms with E-state index >= 15 is 0 Å². The molecule has 20 heavy (non-hydrogen) atoms. The molecule has 0 fully saturated rings. The summed E-state index contributed by atoms with van der Waals surface area (Å²) in [5, 5.41) is 2.99. The average Bonchev–Trinajstić information content (AvgIpc) is 2.49. The van der Waals surface area contributed by atoms with Crippen molar-refractivity contribution in [3.63, 3.8) is 0 Å². The third kappa shape index (κ3) is 6.29. The molecule has 0 aromatic heterocycles. The zero-order valence-electron chi connectivity index (χ0n) is 12.3. The Bertz CT molecular complexity index is 392. The van der Waals surface area contributed by atoms with E-state index < -0.39 is 0 Å². The maximum absolute atomic E-state index is 11.8. The summed E-state index contributed by atoms with van der Waals surface area (Å²) in [4.78, 5) is 11.8. The number of aryl methyl sites for hydroxylation is 1. The third-order valence-corrected chi connectivity index (χ3v) is 3.70. The Hall–Kier alpha value is -1.22. The summed E-state index contributed by atoms with van der Waals surface area (Å²) < 4.78 is 5.10. The van der Waals surface area contributed by atoms with Gasteiger partial charge in [0.05, 0.1) is 7.11 Å². The maximum Gasteiger partial charge on any atom is 0.220 e. The molecule has 3 nitrogen and oxygen atoms in total. The fourth-order valence-corrected chi connectivity index (χ4v) is 2.31. The van der Waals surface area contributed by atoms with Crippen molar-refractivity contribution in [3.05, 3.63) is 29.8 Å². The van der Waals surface area contributed by atoms with Crippen molar-refractivity contribution < 1.29 is 9.53 Å². The second kappa shape index (κ2) is 9.65. The van der Waals surface area contributed by atoms with Crippen LogP contribution in [0.2, 0.25) is 0 Å². The molecule has 0 bridgehead atoms. The number of amides is 1. The van der Waals surface area contributed by atoms with Crippen molar-refractivity contribution >= 4 is 17.5 Å². The molecule has 0 saturated heterocycles. The first-order chi connectivity index (χ1) is 9.69. The standard InChI is InChI=1S/C16H24ClNO2/c1-3-13(10-11-17)12-18-16(19)9-6-14-4-7-15(20-2)8-5-14/h4-5,7-8,13H,3,6,9-12H2,1-2H3,(H,18,19). The van der Waals surface area contributed by atoms with Gasteiger partial charge in [0, 0.05) is 18.8 Å². The minimum Gasteiger partial charge on any atom is -0.497 e. The van der Waals surface area contributed by atoms with Crippen molar-refractivity contribution in [2.75, 3.05) is 19.5 Å². The van der Waals surface area contributed by atoms with Crippen molar-refractivity contribution in [2.24, 2.45) is 5.92 Å². The number of hydrogen-bond acceptors (Lipinski definition) is 2. The molecule has 4 heteroatoms. The number of halogens is 1. The van der Waals surface area contributed by atoms with Crippen LogP contribution < -0.4 is 10.1 Å². The van der Waals surface area contributed by atoms with E-state index in [4.69, 9.17) is 16.3 Å². The van der Waals surface area contributed by atoms with E-state index in [1.165, 1.54) is 0 Å². The molecule has 0 spiro atoms. The average molecular weight is 298 g/mol. The molecule has 0 saturated carbocycles. The van der Waals surface area contributed by atoms with Crippen LogP contribution in [0, 0.1) is 5.92 Å². The number of benzene rings is 1. The first-order valence-electron chi connectivity index (χ1n) is 7.15. The van der Waals surface area contributed by atoms with Crippen LogP contribution in [0.25, 0.3) is 0 Å². The summed E-state index contributed by atoms with van der Waals surface area (Å²) in [7, 11) is 1.65. The lowest BCUT2D eigenvalue weighted by Gasteiger charge is -2.14. The molecular weight excluding hydrogens is 274 g/mol. The topological polar surface area (TPSA) is 38.3 Å². The highest BCUT2D eigenvalue weighted by molar-refractivity contribution is 6.17. The molecule has 0 aliphatic heterocycles. The number of nitrogens with one attached hydrogen (secondary N) is 1. The van der Waals surface area contributed by atoms with Gasteiger partial charge in [-0.2, -0.15) is 0 Å². The number of rotatable bonds is 9. The summed E-state index contributed by atoms with van der Waals surface area (Å²) in [5.41, 5.74) is 1.15. The largest absolute Gasteiger partial charge is 0.497 e. The van der Waals surface area contributed by atoms with Gasteiger partial charge in [-0.3, -0.25) is 4.79 Å². The van der Waals surface area contributed by atoms with E-state index in [2.05, 4.69) is 12.2 Å². The Balaban J connectivity index is 2.28. The summed E-state index contributed by atoms with van der Waals surface area (Å²) in [6.07, 6.45) is 3.27. The number of methoxy groups -OCH3 is 1. The molecule has 112 valence electrons. The molecule has 1 aromatic carbocycles. The zero-order valence-corrected chi connectivity index (χ0v) is 13.1. The van der Waals surface area contributed by atoms with E-state index in [0.29, 0.717) is 18.2 Å². The Morgan fingerprint density at radius 2 is 2.05 bits per heavy atom. The molecule has 1 unspecified atom stereocenters. The SMILES string of the molecule is CCC(CCCl)CNC(=O)CCc1ccc(OC)cc1. The zero-order chi connectivity index (χ0) is 14.8. The van der Waals surface area contributed by atoms with E-state index in [9.17, 15) is 4.79 Å². The molecule has 1 amide bonds. The van der Waals surface area contributed by atoms with Crippen LogP contribution in [0.3, 0.4) is 0 Å². The highest BCUT2D eigenvalue weighted by Crippen LogP contribution is 2.12. The summed E-state index contributed by atoms with van der Waals surface area (Å²) in [6, 6.07) is 7.82. The van der Waals surface area contributed by atoms with Crippen molar-refractivity contribution in [1.29, 1.82) is 0 Å². The van der Waals surface area contributed by atoms with Gasteiger partial charge in [0.2, 0.25) is 5.91 Å². The van der Waals surface area contributed by atoms with E-state index in [-0.39, 0.29) is 5.91 Å². The predicted molar refractivity (Wildman–Crippen MR) is 83.4 cm³/mol. The fourth-order valence-electron chi connectivity index (χ4n) is 2.00. The molecule has 0 radical (unpaired) electrons. The van der Waals surface area contributed by atoms with Gasteiger partial charge < -0.3 is 10.1 Å². The minimum absolute atomic E-state index is 0.105. The van der Waals surface area contributed by atoms with E-state index in [0.717, 1.165) is 37.1 Å². The number of hydrogen-bond donors (Lipinski definition) is 1. The second-order valence-corrected chi connectivity index (χ2v) is 5.28. The number of carbonyl (C=O) groups is 1. The van der Waals surface area contributed by atoms with Gasteiger partial charge in [-0.05, 0) is 36.5 Å². The number of carbonyl (C=O) groups excluding carboxylic acids is 1. The first kappa shape index (κ1) is 16.8. The monoisotopic (exact) mass is 297 g/mol. The lowest BCUT2D eigenvalue weighted by atomic mass is 10.0. The van der Waals surface area contributed by atoms with Crippen molar-refractivity contribution in [1.82, 2.24) is 5.32 Å². The van der Waals surface area contributed by atoms with Crippen molar-refractivity contribution in [2.45, 2.75) is 32.6 Å². The summed E-state index contributed by atoms with van der Waals surface area (Å²) in [5.74, 6) is 2.08. The maximum atomic E-state index is 11.8. The molecule has 0 aliphatic carbocycles. The smallest absolute Gasteiger partial charge is 0.220 e. The summed E-state index contributed by atoms with van der Waals surface area (Å²) >= 11 is 5.73.